The maximum atomic E-state index is 2.52. The lowest BCUT2D eigenvalue weighted by Gasteiger charge is -2.33. The van der Waals surface area contributed by atoms with E-state index in [1.807, 2.05) is 0 Å². The van der Waals surface area contributed by atoms with E-state index in [9.17, 15) is 0 Å². The number of nitrogens with zero attached hydrogens (tertiary/aromatic N) is 2. The normalized spacial score (nSPS) is 17.9. The molecule has 0 bridgehead atoms. The Labute approximate surface area is 169 Å². The minimum atomic E-state index is 0.472. The quantitative estimate of drug-likeness (QED) is 0.508. The van der Waals surface area contributed by atoms with E-state index in [1.165, 1.54) is 44.4 Å². The van der Waals surface area contributed by atoms with Gasteiger partial charge in [0.15, 0.2) is 0 Å². The van der Waals surface area contributed by atoms with Crippen molar-refractivity contribution in [1.29, 1.82) is 0 Å². The van der Waals surface area contributed by atoms with E-state index in [-0.39, 0.29) is 0 Å². The summed E-state index contributed by atoms with van der Waals surface area (Å²) in [5.41, 5.74) is 11.0. The molecule has 0 fully saturated rings. The molecule has 4 rings (SSSR count). The van der Waals surface area contributed by atoms with Crippen molar-refractivity contribution < 1.29 is 0 Å². The minimum Gasteiger partial charge on any atom is -0.318 e. The van der Waals surface area contributed by atoms with E-state index < -0.39 is 0 Å². The van der Waals surface area contributed by atoms with Gasteiger partial charge in [0.1, 0.15) is 0 Å². The van der Waals surface area contributed by atoms with Gasteiger partial charge in [-0.05, 0) is 87.5 Å². The summed E-state index contributed by atoms with van der Waals surface area (Å²) in [4.78, 5) is 2.52. The monoisotopic (exact) mass is 372 g/mol. The summed E-state index contributed by atoms with van der Waals surface area (Å²) in [5, 5.41) is 1.44. The number of rotatable bonds is 3. The van der Waals surface area contributed by atoms with E-state index in [0.717, 1.165) is 19.4 Å². The molecule has 0 saturated carbocycles. The van der Waals surface area contributed by atoms with Gasteiger partial charge in [0.2, 0.25) is 0 Å². The van der Waals surface area contributed by atoms with Crippen molar-refractivity contribution in [1.82, 2.24) is 9.47 Å². The molecule has 0 amide bonds. The van der Waals surface area contributed by atoms with E-state index in [1.54, 1.807) is 5.56 Å². The molecule has 2 heteroatoms. The van der Waals surface area contributed by atoms with Gasteiger partial charge in [0.05, 0.1) is 11.6 Å². The molecule has 2 nitrogen and oxygen atoms in total. The Bertz CT molecular complexity index is 1070. The Kier molecular flexibility index (Phi) is 4.93. The molecule has 3 aromatic rings. The largest absolute Gasteiger partial charge is 0.318 e. The number of hydrogen-bond acceptors (Lipinski definition) is 1. The molecule has 1 atom stereocenters. The van der Waals surface area contributed by atoms with Crippen molar-refractivity contribution in [3.05, 3.63) is 69.9 Å². The second kappa shape index (κ2) is 7.25. The Balaban J connectivity index is 1.95. The van der Waals surface area contributed by atoms with Gasteiger partial charge in [-0.25, -0.2) is 0 Å². The van der Waals surface area contributed by atoms with Gasteiger partial charge < -0.3 is 4.57 Å². The van der Waals surface area contributed by atoms with Crippen LogP contribution in [0.2, 0.25) is 0 Å². The van der Waals surface area contributed by atoms with Crippen molar-refractivity contribution in [3.63, 3.8) is 0 Å². The fraction of sp³-hybridized carbons (Fsp3) is 0.385. The first kappa shape index (κ1) is 19.0. The summed E-state index contributed by atoms with van der Waals surface area (Å²) in [6.45, 7) is 12.3. The van der Waals surface area contributed by atoms with Crippen LogP contribution in [-0.2, 0) is 6.42 Å². The molecule has 0 spiro atoms. The van der Waals surface area contributed by atoms with Gasteiger partial charge in [-0.2, -0.15) is 0 Å². The molecule has 0 N–H and O–H groups in total. The average Bonchev–Trinajstić information content (AvgIpc) is 2.97. The Morgan fingerprint density at radius 1 is 1.07 bits per heavy atom. The Hall–Kier alpha value is -2.32. The average molecular weight is 373 g/mol. The summed E-state index contributed by atoms with van der Waals surface area (Å²) in [6, 6.07) is 14.2. The smallest absolute Gasteiger partial charge is 0.0529 e. The van der Waals surface area contributed by atoms with Crippen LogP contribution in [-0.4, -0.2) is 23.1 Å². The van der Waals surface area contributed by atoms with Crippen molar-refractivity contribution in [2.45, 2.75) is 53.5 Å². The highest BCUT2D eigenvalue weighted by molar-refractivity contribution is 5.90. The van der Waals surface area contributed by atoms with Crippen LogP contribution in [0.25, 0.3) is 22.7 Å². The van der Waals surface area contributed by atoms with Crippen LogP contribution in [0.5, 0.6) is 0 Å². The van der Waals surface area contributed by atoms with E-state index in [2.05, 4.69) is 93.7 Å². The third-order valence-corrected chi connectivity index (χ3v) is 6.54. The van der Waals surface area contributed by atoms with Crippen molar-refractivity contribution in [3.8, 4) is 0 Å². The van der Waals surface area contributed by atoms with Crippen LogP contribution in [0.1, 0.15) is 59.8 Å². The highest BCUT2D eigenvalue weighted by Crippen LogP contribution is 2.39. The molecular weight excluding hydrogens is 340 g/mol. The molecule has 2 heterocycles. The van der Waals surface area contributed by atoms with Gasteiger partial charge in [-0.15, -0.1) is 0 Å². The lowest BCUT2D eigenvalue weighted by molar-refractivity contribution is 0.220. The highest BCUT2D eigenvalue weighted by atomic mass is 15.2. The zero-order valence-electron chi connectivity index (χ0n) is 18.1. The second-order valence-corrected chi connectivity index (χ2v) is 8.52. The van der Waals surface area contributed by atoms with E-state index in [4.69, 9.17) is 0 Å². The number of aromatic nitrogens is 1. The van der Waals surface area contributed by atoms with Crippen LogP contribution in [0, 0.1) is 20.8 Å². The molecule has 0 radical (unpaired) electrons. The van der Waals surface area contributed by atoms with E-state index >= 15 is 0 Å². The van der Waals surface area contributed by atoms with Gasteiger partial charge in [-0.3, -0.25) is 4.90 Å². The number of allylic oxidation sites excluding steroid dienone is 1. The molecule has 1 aliphatic rings. The fourth-order valence-corrected chi connectivity index (χ4v) is 4.69. The topological polar surface area (TPSA) is 8.17 Å². The maximum Gasteiger partial charge on any atom is 0.0529 e. The third-order valence-electron chi connectivity index (χ3n) is 6.54. The first-order valence-electron chi connectivity index (χ1n) is 10.5. The van der Waals surface area contributed by atoms with Crippen LogP contribution >= 0.6 is 0 Å². The molecule has 28 heavy (non-hydrogen) atoms. The van der Waals surface area contributed by atoms with Crippen LogP contribution in [0.4, 0.5) is 0 Å². The molecule has 2 aromatic carbocycles. The molecule has 0 aliphatic carbocycles. The minimum absolute atomic E-state index is 0.472. The van der Waals surface area contributed by atoms with Gasteiger partial charge in [-0.1, -0.05) is 36.8 Å². The molecular formula is C26H32N2. The number of hydrogen-bond donors (Lipinski definition) is 0. The Morgan fingerprint density at radius 2 is 1.86 bits per heavy atom. The van der Waals surface area contributed by atoms with Crippen molar-refractivity contribution in [2.75, 3.05) is 13.6 Å². The molecule has 1 aliphatic heterocycles. The summed E-state index contributed by atoms with van der Waals surface area (Å²) >= 11 is 0. The van der Waals surface area contributed by atoms with Gasteiger partial charge in [0.25, 0.3) is 0 Å². The number of likely N-dealkylation sites (N-methyl/N-ethyl adjacent to an activating group) is 1. The van der Waals surface area contributed by atoms with Crippen LogP contribution in [0.15, 0.2) is 36.4 Å². The van der Waals surface area contributed by atoms with Crippen molar-refractivity contribution >= 4 is 22.7 Å². The maximum absolute atomic E-state index is 2.52. The van der Waals surface area contributed by atoms with Gasteiger partial charge >= 0.3 is 0 Å². The zero-order chi connectivity index (χ0) is 20.0. The summed E-state index contributed by atoms with van der Waals surface area (Å²) < 4.78 is 2.48. The summed E-state index contributed by atoms with van der Waals surface area (Å²) in [5.74, 6) is 0. The lowest BCUT2D eigenvalue weighted by Crippen LogP contribution is -2.32. The van der Waals surface area contributed by atoms with E-state index in [0.29, 0.717) is 6.04 Å². The second-order valence-electron chi connectivity index (χ2n) is 8.52. The number of benzene rings is 2. The zero-order valence-corrected chi connectivity index (χ0v) is 18.1. The number of aryl methyl sites for hydroxylation is 3. The lowest BCUT2D eigenvalue weighted by atomic mass is 9.95. The first-order valence-corrected chi connectivity index (χ1v) is 10.5. The summed E-state index contributed by atoms with van der Waals surface area (Å²) in [6.07, 6.45) is 4.63. The standard InChI is InChI=1S/C26H32N2/c1-7-24-26-22(12-13-27(24)6)23-14-17(2)8-11-25(23)28(26)16-20(5)21-10-9-18(3)19(4)15-21/h8-11,14-16,24H,7,12-13H2,1-6H3/b20-16+. The highest BCUT2D eigenvalue weighted by Gasteiger charge is 2.29. The van der Waals surface area contributed by atoms with Gasteiger partial charge in [0, 0.05) is 23.8 Å². The molecule has 146 valence electrons. The van der Waals surface area contributed by atoms with Crippen molar-refractivity contribution in [2.24, 2.45) is 0 Å². The SMILES string of the molecule is CCC1c2c(c3cc(C)ccc3n2/C=C(\C)c2ccc(C)c(C)c2)CCN1C. The van der Waals surface area contributed by atoms with Crippen LogP contribution < -0.4 is 0 Å². The number of fused-ring (bicyclic) bond motifs is 3. The molecule has 1 unspecified atom stereocenters. The summed E-state index contributed by atoms with van der Waals surface area (Å²) in [7, 11) is 2.27. The molecule has 0 saturated heterocycles. The van der Waals surface area contributed by atoms with Crippen LogP contribution in [0.3, 0.4) is 0 Å². The molecule has 1 aromatic heterocycles. The fourth-order valence-electron chi connectivity index (χ4n) is 4.69. The first-order chi connectivity index (χ1) is 13.4. The third kappa shape index (κ3) is 3.10. The predicted octanol–water partition coefficient (Wildman–Crippen LogP) is 6.52. The predicted molar refractivity (Wildman–Crippen MR) is 122 cm³/mol. The Morgan fingerprint density at radius 3 is 2.57 bits per heavy atom.